The molecule has 0 aliphatic carbocycles. The van der Waals surface area contributed by atoms with E-state index in [1.54, 1.807) is 13.8 Å². The Morgan fingerprint density at radius 2 is 2.06 bits per heavy atom. The van der Waals surface area contributed by atoms with Crippen LogP contribution >= 0.6 is 23.7 Å². The number of carbonyl (C=O) groups is 1. The molecule has 0 bridgehead atoms. The van der Waals surface area contributed by atoms with Crippen molar-refractivity contribution < 1.29 is 4.79 Å². The maximum Gasteiger partial charge on any atom is 0.245 e. The first-order valence-electron chi connectivity index (χ1n) is 5.86. The number of hydrogen-bond acceptors (Lipinski definition) is 5. The molecule has 0 radical (unpaired) electrons. The van der Waals surface area contributed by atoms with Gasteiger partial charge in [-0.25, -0.2) is 0 Å². The number of aryl methyl sites for hydroxylation is 1. The minimum absolute atomic E-state index is 0. The van der Waals surface area contributed by atoms with Crippen molar-refractivity contribution >= 4 is 34.8 Å². The summed E-state index contributed by atoms with van der Waals surface area (Å²) < 4.78 is 0. The zero-order valence-electron chi connectivity index (χ0n) is 11.0. The molecule has 0 saturated carbocycles. The Labute approximate surface area is 118 Å². The van der Waals surface area contributed by atoms with E-state index < -0.39 is 5.54 Å². The van der Waals surface area contributed by atoms with Gasteiger partial charge in [-0.3, -0.25) is 10.1 Å². The van der Waals surface area contributed by atoms with E-state index in [0.717, 1.165) is 17.8 Å². The van der Waals surface area contributed by atoms with Gasteiger partial charge in [0.15, 0.2) is 0 Å². The fourth-order valence-electron chi connectivity index (χ4n) is 1.19. The van der Waals surface area contributed by atoms with Crippen LogP contribution in [-0.4, -0.2) is 21.6 Å². The molecule has 0 unspecified atom stereocenters. The maximum atomic E-state index is 11.6. The third-order valence-electron chi connectivity index (χ3n) is 2.27. The molecule has 1 amide bonds. The Bertz CT molecular complexity index is 375. The minimum Gasteiger partial charge on any atom is -0.318 e. The lowest BCUT2D eigenvalue weighted by atomic mass is 10.1. The van der Waals surface area contributed by atoms with Crippen LogP contribution in [0.4, 0.5) is 5.13 Å². The maximum absolute atomic E-state index is 11.6. The van der Waals surface area contributed by atoms with Crippen LogP contribution in [0.25, 0.3) is 0 Å². The smallest absolute Gasteiger partial charge is 0.245 e. The molecule has 1 aromatic rings. The van der Waals surface area contributed by atoms with Gasteiger partial charge >= 0.3 is 0 Å². The molecular weight excluding hydrogens is 272 g/mol. The van der Waals surface area contributed by atoms with Crippen LogP contribution in [0.15, 0.2) is 0 Å². The molecule has 0 atom stereocenters. The lowest BCUT2D eigenvalue weighted by Gasteiger charge is -2.15. The Hall–Kier alpha value is -0.720. The number of nitrogens with one attached hydrogen (secondary N) is 1. The topological polar surface area (TPSA) is 80.9 Å². The first kappa shape index (κ1) is 17.3. The summed E-state index contributed by atoms with van der Waals surface area (Å²) in [7, 11) is 0. The predicted octanol–water partition coefficient (Wildman–Crippen LogP) is 2.37. The van der Waals surface area contributed by atoms with Gasteiger partial charge in [-0.2, -0.15) is 0 Å². The van der Waals surface area contributed by atoms with E-state index in [4.69, 9.17) is 5.73 Å². The lowest BCUT2D eigenvalue weighted by Crippen LogP contribution is -2.45. The normalized spacial score (nSPS) is 10.9. The van der Waals surface area contributed by atoms with Gasteiger partial charge in [0.1, 0.15) is 5.01 Å². The van der Waals surface area contributed by atoms with Gasteiger partial charge in [0.25, 0.3) is 0 Å². The summed E-state index contributed by atoms with van der Waals surface area (Å²) in [6, 6.07) is 0. The molecule has 0 aliphatic heterocycles. The number of nitrogens with zero attached hydrogens (tertiary/aromatic N) is 2. The van der Waals surface area contributed by atoms with Crippen LogP contribution in [0.5, 0.6) is 0 Å². The first-order valence-corrected chi connectivity index (χ1v) is 6.68. The van der Waals surface area contributed by atoms with Crippen molar-refractivity contribution in [2.75, 3.05) is 5.32 Å². The molecule has 18 heavy (non-hydrogen) atoms. The molecule has 0 fully saturated rings. The number of amides is 1. The fraction of sp³-hybridized carbons (Fsp3) is 0.727. The van der Waals surface area contributed by atoms with E-state index in [2.05, 4.69) is 22.4 Å². The van der Waals surface area contributed by atoms with Crippen molar-refractivity contribution in [2.45, 2.75) is 52.0 Å². The molecular formula is C11H21ClN4OS. The van der Waals surface area contributed by atoms with Crippen LogP contribution in [0.3, 0.4) is 0 Å². The summed E-state index contributed by atoms with van der Waals surface area (Å²) in [4.78, 5) is 11.6. The largest absolute Gasteiger partial charge is 0.318 e. The van der Waals surface area contributed by atoms with Gasteiger partial charge in [0, 0.05) is 6.42 Å². The number of unbranched alkanes of at least 4 members (excludes halogenated alkanes) is 2. The second-order valence-electron chi connectivity index (χ2n) is 4.63. The highest BCUT2D eigenvalue weighted by atomic mass is 35.5. The quantitative estimate of drug-likeness (QED) is 0.789. The van der Waals surface area contributed by atoms with Gasteiger partial charge in [0.2, 0.25) is 11.0 Å². The van der Waals surface area contributed by atoms with E-state index >= 15 is 0 Å². The average Bonchev–Trinajstić information content (AvgIpc) is 2.65. The van der Waals surface area contributed by atoms with Gasteiger partial charge in [-0.1, -0.05) is 31.1 Å². The molecule has 1 heterocycles. The Balaban J connectivity index is 0.00000289. The van der Waals surface area contributed by atoms with Crippen LogP contribution in [0.1, 0.15) is 45.0 Å². The number of nitrogens with two attached hydrogens (primary N) is 1. The van der Waals surface area contributed by atoms with Crippen molar-refractivity contribution in [1.82, 2.24) is 10.2 Å². The zero-order chi connectivity index (χ0) is 12.9. The summed E-state index contributed by atoms with van der Waals surface area (Å²) in [5.41, 5.74) is 4.78. The third kappa shape index (κ3) is 5.75. The molecule has 0 aromatic carbocycles. The van der Waals surface area contributed by atoms with E-state index in [0.29, 0.717) is 5.13 Å². The average molecular weight is 293 g/mol. The number of aromatic nitrogens is 2. The highest BCUT2D eigenvalue weighted by Gasteiger charge is 2.22. The molecule has 0 spiro atoms. The molecule has 3 N–H and O–H groups in total. The van der Waals surface area contributed by atoms with Gasteiger partial charge in [-0.15, -0.1) is 22.6 Å². The van der Waals surface area contributed by atoms with E-state index in [1.165, 1.54) is 24.2 Å². The highest BCUT2D eigenvalue weighted by Crippen LogP contribution is 2.18. The summed E-state index contributed by atoms with van der Waals surface area (Å²) >= 11 is 1.42. The van der Waals surface area contributed by atoms with Crippen LogP contribution in [0.2, 0.25) is 0 Å². The number of rotatable bonds is 6. The van der Waals surface area contributed by atoms with Crippen molar-refractivity contribution in [1.29, 1.82) is 0 Å². The molecule has 5 nitrogen and oxygen atoms in total. The van der Waals surface area contributed by atoms with E-state index in [9.17, 15) is 4.79 Å². The Kier molecular flexibility index (Phi) is 7.35. The molecule has 104 valence electrons. The van der Waals surface area contributed by atoms with Gasteiger partial charge in [-0.05, 0) is 20.3 Å². The van der Waals surface area contributed by atoms with Crippen LogP contribution in [-0.2, 0) is 11.2 Å². The highest BCUT2D eigenvalue weighted by molar-refractivity contribution is 7.15. The second kappa shape index (κ2) is 7.66. The molecule has 1 aromatic heterocycles. The summed E-state index contributed by atoms with van der Waals surface area (Å²) in [5, 5.41) is 12.1. The van der Waals surface area contributed by atoms with Crippen LogP contribution in [0, 0.1) is 0 Å². The number of hydrogen-bond donors (Lipinski definition) is 2. The lowest BCUT2D eigenvalue weighted by molar-refractivity contribution is -0.120. The van der Waals surface area contributed by atoms with Crippen molar-refractivity contribution in [3.63, 3.8) is 0 Å². The summed E-state index contributed by atoms with van der Waals surface area (Å²) in [6.07, 6.45) is 4.41. The van der Waals surface area contributed by atoms with Gasteiger partial charge in [0.05, 0.1) is 5.54 Å². The Morgan fingerprint density at radius 3 is 2.61 bits per heavy atom. The third-order valence-corrected chi connectivity index (χ3v) is 3.17. The fourth-order valence-corrected chi connectivity index (χ4v) is 1.97. The summed E-state index contributed by atoms with van der Waals surface area (Å²) in [6.45, 7) is 5.48. The number of anilines is 1. The van der Waals surface area contributed by atoms with E-state index in [1.807, 2.05) is 0 Å². The van der Waals surface area contributed by atoms with Crippen molar-refractivity contribution in [3.05, 3.63) is 5.01 Å². The van der Waals surface area contributed by atoms with Crippen molar-refractivity contribution in [3.8, 4) is 0 Å². The summed E-state index contributed by atoms with van der Waals surface area (Å²) in [5.74, 6) is -0.242. The van der Waals surface area contributed by atoms with Crippen molar-refractivity contribution in [2.24, 2.45) is 5.73 Å². The predicted molar refractivity (Wildman–Crippen MR) is 77.3 cm³/mol. The van der Waals surface area contributed by atoms with E-state index in [-0.39, 0.29) is 18.3 Å². The zero-order valence-corrected chi connectivity index (χ0v) is 12.7. The SMILES string of the molecule is CCCCCc1nnc(NC(=O)C(C)(C)N)s1.Cl. The monoisotopic (exact) mass is 292 g/mol. The second-order valence-corrected chi connectivity index (χ2v) is 5.70. The molecule has 1 rings (SSSR count). The standard InChI is InChI=1S/C11H20N4OS.ClH/c1-4-5-6-7-8-14-15-10(17-8)13-9(16)11(2,3)12;/h4-7,12H2,1-3H3,(H,13,15,16);1H. The Morgan fingerprint density at radius 1 is 1.39 bits per heavy atom. The minimum atomic E-state index is -0.895. The van der Waals surface area contributed by atoms with Gasteiger partial charge < -0.3 is 5.73 Å². The number of carbonyl (C=O) groups excluding carboxylic acids is 1. The first-order chi connectivity index (χ1) is 7.93. The molecule has 0 aliphatic rings. The molecule has 7 heteroatoms. The molecule has 0 saturated heterocycles. The van der Waals surface area contributed by atoms with Crippen LogP contribution < -0.4 is 11.1 Å². The number of halogens is 1.